The van der Waals surface area contributed by atoms with E-state index in [0.29, 0.717) is 34.4 Å². The number of nitrogens with one attached hydrogen (secondary N) is 1. The largest absolute Gasteiger partial charge is 0.493 e. The summed E-state index contributed by atoms with van der Waals surface area (Å²) < 4.78 is 16.2. The minimum Gasteiger partial charge on any atom is -0.493 e. The molecule has 28 heavy (non-hydrogen) atoms. The predicted octanol–water partition coefficient (Wildman–Crippen LogP) is 3.79. The molecule has 1 aromatic carbocycles. The van der Waals surface area contributed by atoms with Crippen molar-refractivity contribution < 1.29 is 18.7 Å². The van der Waals surface area contributed by atoms with E-state index >= 15 is 0 Å². The van der Waals surface area contributed by atoms with Crippen molar-refractivity contribution in [3.63, 3.8) is 0 Å². The Labute approximate surface area is 169 Å². The monoisotopic (exact) mass is 405 g/mol. The molecule has 1 aromatic heterocycles. The third-order valence-electron chi connectivity index (χ3n) is 5.42. The lowest BCUT2D eigenvalue weighted by atomic mass is 9.78. The van der Waals surface area contributed by atoms with E-state index in [1.54, 1.807) is 26.4 Å². The predicted molar refractivity (Wildman–Crippen MR) is 108 cm³/mol. The molecule has 1 N–H and O–H groups in total. The summed E-state index contributed by atoms with van der Waals surface area (Å²) in [6.45, 7) is 4.47. The van der Waals surface area contributed by atoms with Gasteiger partial charge in [0, 0.05) is 11.6 Å². The average Bonchev–Trinajstić information content (AvgIpc) is 3.18. The minimum absolute atomic E-state index is 0.00168. The zero-order valence-electron chi connectivity index (χ0n) is 16.7. The summed E-state index contributed by atoms with van der Waals surface area (Å²) in [5.74, 6) is 2.99. The summed E-state index contributed by atoms with van der Waals surface area (Å²) >= 11 is 1.24. The first kappa shape index (κ1) is 20.5. The van der Waals surface area contributed by atoms with Crippen LogP contribution in [0.3, 0.4) is 0 Å². The SMILES string of the molecule is COc1ccc(-c2nnc(SCC(=O)N[C@H]3CCC[C@H](C)[C@H]3C)o2)cc1OC. The van der Waals surface area contributed by atoms with Gasteiger partial charge in [0.1, 0.15) is 0 Å². The fraction of sp³-hybridized carbons (Fsp3) is 0.550. The molecule has 0 aliphatic heterocycles. The molecule has 0 spiro atoms. The molecule has 1 fully saturated rings. The maximum atomic E-state index is 12.3. The molecular weight excluding hydrogens is 378 g/mol. The van der Waals surface area contributed by atoms with Crippen molar-refractivity contribution in [3.8, 4) is 23.0 Å². The minimum atomic E-state index is 0.00168. The zero-order chi connectivity index (χ0) is 20.1. The number of methoxy groups -OCH3 is 2. The smallest absolute Gasteiger partial charge is 0.277 e. The van der Waals surface area contributed by atoms with Gasteiger partial charge in [-0.1, -0.05) is 38.5 Å². The summed E-state index contributed by atoms with van der Waals surface area (Å²) in [6.07, 6.45) is 3.46. The van der Waals surface area contributed by atoms with Crippen LogP contribution in [-0.2, 0) is 4.79 Å². The Bertz CT molecular complexity index is 810. The zero-order valence-corrected chi connectivity index (χ0v) is 17.5. The number of thioether (sulfide) groups is 1. The molecule has 0 bridgehead atoms. The van der Waals surface area contributed by atoms with E-state index in [1.807, 2.05) is 6.07 Å². The lowest BCUT2D eigenvalue weighted by Gasteiger charge is -2.34. The summed E-state index contributed by atoms with van der Waals surface area (Å²) in [6, 6.07) is 5.63. The van der Waals surface area contributed by atoms with Crippen molar-refractivity contribution >= 4 is 17.7 Å². The maximum Gasteiger partial charge on any atom is 0.277 e. The molecular formula is C20H27N3O4S. The molecule has 2 aromatic rings. The highest BCUT2D eigenvalue weighted by molar-refractivity contribution is 7.99. The van der Waals surface area contributed by atoms with Gasteiger partial charge in [-0.25, -0.2) is 0 Å². The standard InChI is InChI=1S/C20H27N3O4S/c1-12-6-5-7-15(13(12)2)21-18(24)11-28-20-23-22-19(27-20)14-8-9-16(25-3)17(10-14)26-4/h8-10,12-13,15H,5-7,11H2,1-4H3,(H,21,24)/t12-,13+,15-/m0/s1. The molecule has 7 nitrogen and oxygen atoms in total. The molecule has 0 unspecified atom stereocenters. The van der Waals surface area contributed by atoms with Crippen molar-refractivity contribution in [2.45, 2.75) is 44.4 Å². The number of benzene rings is 1. The fourth-order valence-corrected chi connectivity index (χ4v) is 4.09. The Morgan fingerprint density at radius 1 is 1.21 bits per heavy atom. The van der Waals surface area contributed by atoms with Crippen molar-refractivity contribution in [2.24, 2.45) is 11.8 Å². The Morgan fingerprint density at radius 2 is 2.00 bits per heavy atom. The van der Waals surface area contributed by atoms with E-state index in [0.717, 1.165) is 12.0 Å². The van der Waals surface area contributed by atoms with Crippen LogP contribution in [0.1, 0.15) is 33.1 Å². The average molecular weight is 406 g/mol. The Balaban J connectivity index is 1.57. The molecule has 152 valence electrons. The number of carbonyl (C=O) groups excluding carboxylic acids is 1. The quantitative estimate of drug-likeness (QED) is 0.701. The first-order chi connectivity index (χ1) is 13.5. The highest BCUT2D eigenvalue weighted by atomic mass is 32.2. The maximum absolute atomic E-state index is 12.3. The highest BCUT2D eigenvalue weighted by Crippen LogP contribution is 2.33. The van der Waals surface area contributed by atoms with E-state index in [9.17, 15) is 4.79 Å². The fourth-order valence-electron chi connectivity index (χ4n) is 3.52. The first-order valence-corrected chi connectivity index (χ1v) is 10.5. The number of aromatic nitrogens is 2. The van der Waals surface area contributed by atoms with Crippen LogP contribution in [0.5, 0.6) is 11.5 Å². The molecule has 1 aliphatic carbocycles. The van der Waals surface area contributed by atoms with Gasteiger partial charge in [0.25, 0.3) is 5.22 Å². The molecule has 1 heterocycles. The van der Waals surface area contributed by atoms with Gasteiger partial charge in [-0.2, -0.15) is 0 Å². The van der Waals surface area contributed by atoms with E-state index < -0.39 is 0 Å². The Kier molecular flexibility index (Phi) is 6.83. The van der Waals surface area contributed by atoms with Gasteiger partial charge in [0.15, 0.2) is 11.5 Å². The second-order valence-electron chi connectivity index (χ2n) is 7.17. The number of rotatable bonds is 7. The first-order valence-electron chi connectivity index (χ1n) is 9.50. The van der Waals surface area contributed by atoms with Crippen LogP contribution in [0, 0.1) is 11.8 Å². The van der Waals surface area contributed by atoms with E-state index in [1.165, 1.54) is 24.6 Å². The highest BCUT2D eigenvalue weighted by Gasteiger charge is 2.28. The topological polar surface area (TPSA) is 86.5 Å². The Hall–Kier alpha value is -2.22. The van der Waals surface area contributed by atoms with E-state index in [2.05, 4.69) is 29.4 Å². The van der Waals surface area contributed by atoms with Crippen LogP contribution < -0.4 is 14.8 Å². The van der Waals surface area contributed by atoms with Gasteiger partial charge in [-0.3, -0.25) is 4.79 Å². The van der Waals surface area contributed by atoms with Crippen LogP contribution in [-0.4, -0.2) is 42.1 Å². The molecule has 1 amide bonds. The van der Waals surface area contributed by atoms with Crippen LogP contribution in [0.25, 0.3) is 11.5 Å². The summed E-state index contributed by atoms with van der Waals surface area (Å²) in [5.41, 5.74) is 0.728. The summed E-state index contributed by atoms with van der Waals surface area (Å²) in [5, 5.41) is 11.6. The van der Waals surface area contributed by atoms with Gasteiger partial charge in [0.05, 0.1) is 20.0 Å². The Morgan fingerprint density at radius 3 is 2.75 bits per heavy atom. The molecule has 0 saturated heterocycles. The molecule has 8 heteroatoms. The van der Waals surface area contributed by atoms with Gasteiger partial charge < -0.3 is 19.2 Å². The summed E-state index contributed by atoms with van der Waals surface area (Å²) in [4.78, 5) is 12.3. The lowest BCUT2D eigenvalue weighted by Crippen LogP contribution is -2.44. The van der Waals surface area contributed by atoms with Crippen molar-refractivity contribution in [2.75, 3.05) is 20.0 Å². The van der Waals surface area contributed by atoms with Gasteiger partial charge in [-0.15, -0.1) is 10.2 Å². The van der Waals surface area contributed by atoms with Crippen molar-refractivity contribution in [3.05, 3.63) is 18.2 Å². The molecule has 0 radical (unpaired) electrons. The summed E-state index contributed by atoms with van der Waals surface area (Å²) in [7, 11) is 3.15. The lowest BCUT2D eigenvalue weighted by molar-refractivity contribution is -0.120. The van der Waals surface area contributed by atoms with Crippen LogP contribution >= 0.6 is 11.8 Å². The van der Waals surface area contributed by atoms with E-state index in [-0.39, 0.29) is 17.7 Å². The number of hydrogen-bond donors (Lipinski definition) is 1. The third kappa shape index (κ3) is 4.79. The number of amides is 1. The van der Waals surface area contributed by atoms with Gasteiger partial charge in [-0.05, 0) is 36.5 Å². The normalized spacial score (nSPS) is 21.9. The van der Waals surface area contributed by atoms with E-state index in [4.69, 9.17) is 13.9 Å². The number of nitrogens with zero attached hydrogens (tertiary/aromatic N) is 2. The van der Waals surface area contributed by atoms with Crippen LogP contribution in [0.2, 0.25) is 0 Å². The molecule has 3 atom stereocenters. The molecule has 3 rings (SSSR count). The third-order valence-corrected chi connectivity index (χ3v) is 6.24. The van der Waals surface area contributed by atoms with Gasteiger partial charge in [0.2, 0.25) is 11.8 Å². The van der Waals surface area contributed by atoms with Crippen molar-refractivity contribution in [1.29, 1.82) is 0 Å². The van der Waals surface area contributed by atoms with Crippen LogP contribution in [0.4, 0.5) is 0 Å². The van der Waals surface area contributed by atoms with Gasteiger partial charge >= 0.3 is 0 Å². The number of ether oxygens (including phenoxy) is 2. The molecule has 1 aliphatic rings. The van der Waals surface area contributed by atoms with Crippen molar-refractivity contribution in [1.82, 2.24) is 15.5 Å². The molecule has 1 saturated carbocycles. The number of carbonyl (C=O) groups is 1. The number of hydrogen-bond acceptors (Lipinski definition) is 7. The van der Waals surface area contributed by atoms with Crippen LogP contribution in [0.15, 0.2) is 27.8 Å². The second-order valence-corrected chi connectivity index (χ2v) is 8.10. The second kappa shape index (κ2) is 9.32.